The molecule has 3 rings (SSSR count). The van der Waals surface area contributed by atoms with E-state index < -0.39 is 10.0 Å². The second kappa shape index (κ2) is 9.93. The van der Waals surface area contributed by atoms with Crippen molar-refractivity contribution in [3.8, 4) is 5.75 Å². The maximum atomic E-state index is 13.3. The lowest BCUT2D eigenvalue weighted by molar-refractivity contribution is -0.118. The average molecular weight is 464 g/mol. The van der Waals surface area contributed by atoms with Crippen LogP contribution in [0.5, 0.6) is 5.75 Å². The number of nitrogens with one attached hydrogen (secondary N) is 1. The van der Waals surface area contributed by atoms with Gasteiger partial charge in [-0.15, -0.1) is 11.8 Å². The van der Waals surface area contributed by atoms with E-state index in [9.17, 15) is 13.2 Å². The number of hydrogen-bond acceptors (Lipinski definition) is 6. The molecule has 7 nitrogen and oxygen atoms in total. The Morgan fingerprint density at radius 2 is 1.71 bits per heavy atom. The Balaban J connectivity index is 1.75. The number of anilines is 2. The summed E-state index contributed by atoms with van der Waals surface area (Å²) in [6.07, 6.45) is 1.90. The zero-order valence-electron chi connectivity index (χ0n) is 18.3. The maximum absolute atomic E-state index is 13.3. The van der Waals surface area contributed by atoms with E-state index in [1.54, 1.807) is 39.2 Å². The van der Waals surface area contributed by atoms with Crippen LogP contribution in [0.15, 0.2) is 52.3 Å². The summed E-state index contributed by atoms with van der Waals surface area (Å²) in [7, 11) is -2.03. The van der Waals surface area contributed by atoms with Crippen LogP contribution in [0.25, 0.3) is 0 Å². The zero-order valence-corrected chi connectivity index (χ0v) is 19.9. The highest BCUT2D eigenvalue weighted by atomic mass is 32.2. The van der Waals surface area contributed by atoms with E-state index in [0.29, 0.717) is 31.9 Å². The van der Waals surface area contributed by atoms with Gasteiger partial charge >= 0.3 is 0 Å². The van der Waals surface area contributed by atoms with E-state index >= 15 is 0 Å². The van der Waals surface area contributed by atoms with Crippen LogP contribution in [0.2, 0.25) is 0 Å². The largest absolute Gasteiger partial charge is 0.497 e. The summed E-state index contributed by atoms with van der Waals surface area (Å²) in [6.45, 7) is 5.60. The molecule has 31 heavy (non-hydrogen) atoms. The van der Waals surface area contributed by atoms with Gasteiger partial charge in [0, 0.05) is 42.7 Å². The first-order valence-corrected chi connectivity index (χ1v) is 12.8. The molecule has 9 heteroatoms. The quantitative estimate of drug-likeness (QED) is 0.633. The summed E-state index contributed by atoms with van der Waals surface area (Å²) in [5.41, 5.74) is 1.57. The monoisotopic (exact) mass is 463 g/mol. The van der Waals surface area contributed by atoms with Crippen LogP contribution in [0, 0.1) is 5.92 Å². The fourth-order valence-electron chi connectivity index (χ4n) is 3.35. The van der Waals surface area contributed by atoms with Gasteiger partial charge in [-0.3, -0.25) is 4.79 Å². The average Bonchev–Trinajstić information content (AvgIpc) is 2.79. The van der Waals surface area contributed by atoms with Crippen molar-refractivity contribution >= 4 is 39.1 Å². The third kappa shape index (κ3) is 5.34. The summed E-state index contributed by atoms with van der Waals surface area (Å²) in [6, 6.07) is 12.7. The van der Waals surface area contributed by atoms with E-state index in [-0.39, 0.29) is 16.7 Å². The number of benzene rings is 2. The van der Waals surface area contributed by atoms with E-state index in [1.165, 1.54) is 16.1 Å². The second-order valence-corrected chi connectivity index (χ2v) is 10.4. The van der Waals surface area contributed by atoms with E-state index in [4.69, 9.17) is 4.74 Å². The fourth-order valence-corrected chi connectivity index (χ4v) is 5.33. The molecule has 0 atom stereocenters. The van der Waals surface area contributed by atoms with Gasteiger partial charge in [0.2, 0.25) is 15.9 Å². The van der Waals surface area contributed by atoms with Crippen LogP contribution in [0.4, 0.5) is 11.4 Å². The Morgan fingerprint density at radius 1 is 1.06 bits per heavy atom. The molecular weight excluding hydrogens is 434 g/mol. The summed E-state index contributed by atoms with van der Waals surface area (Å²) in [5, 5.41) is 2.85. The Hall–Kier alpha value is -2.23. The minimum absolute atomic E-state index is 0.141. The third-order valence-electron chi connectivity index (χ3n) is 5.27. The smallest absolute Gasteiger partial charge is 0.243 e. The number of rotatable bonds is 7. The van der Waals surface area contributed by atoms with Crippen molar-refractivity contribution in [1.29, 1.82) is 0 Å². The number of thioether (sulfide) groups is 1. The van der Waals surface area contributed by atoms with Gasteiger partial charge < -0.3 is 15.0 Å². The highest BCUT2D eigenvalue weighted by Gasteiger charge is 2.29. The molecule has 2 aromatic rings. The molecule has 1 N–H and O–H groups in total. The molecule has 0 bridgehead atoms. The first kappa shape index (κ1) is 23.4. The highest BCUT2D eigenvalue weighted by Crippen LogP contribution is 2.30. The van der Waals surface area contributed by atoms with Crippen LogP contribution in [-0.4, -0.2) is 58.2 Å². The Labute approximate surface area is 188 Å². The number of carbonyl (C=O) groups is 1. The summed E-state index contributed by atoms with van der Waals surface area (Å²) >= 11 is 1.47. The zero-order chi connectivity index (χ0) is 22.6. The van der Waals surface area contributed by atoms with Gasteiger partial charge in [0.15, 0.2) is 0 Å². The molecule has 0 unspecified atom stereocenters. The molecule has 1 aliphatic rings. The molecule has 1 amide bonds. The molecular formula is C22H29N3O4S2. The Morgan fingerprint density at radius 3 is 2.26 bits per heavy atom. The fraction of sp³-hybridized carbons (Fsp3) is 0.409. The predicted molar refractivity (Wildman–Crippen MR) is 126 cm³/mol. The van der Waals surface area contributed by atoms with Crippen molar-refractivity contribution in [2.45, 2.75) is 23.6 Å². The number of amides is 1. The standard InChI is InChI=1S/C22H29N3O4S2/c1-16(2)22(26)23-20-15-19(9-10-21(20)30-4)31(27,28)25-13-11-24(12-14-25)17-5-7-18(29-3)8-6-17/h5-10,15-16H,11-14H2,1-4H3,(H,23,26). The predicted octanol–water partition coefficient (Wildman–Crippen LogP) is 3.52. The van der Waals surface area contributed by atoms with Crippen molar-refractivity contribution in [2.75, 3.05) is 49.8 Å². The minimum atomic E-state index is -3.66. The first-order valence-electron chi connectivity index (χ1n) is 10.1. The number of sulfonamides is 1. The molecule has 0 aliphatic carbocycles. The SMILES string of the molecule is COc1ccc(N2CCN(S(=O)(=O)c3ccc(SC)c(NC(=O)C(C)C)c3)CC2)cc1. The van der Waals surface area contributed by atoms with E-state index in [1.807, 2.05) is 30.5 Å². The number of carbonyl (C=O) groups excluding carboxylic acids is 1. The molecule has 0 spiro atoms. The minimum Gasteiger partial charge on any atom is -0.497 e. The van der Waals surface area contributed by atoms with E-state index in [2.05, 4.69) is 10.2 Å². The lowest BCUT2D eigenvalue weighted by Crippen LogP contribution is -2.48. The molecule has 0 radical (unpaired) electrons. The van der Waals surface area contributed by atoms with Crippen LogP contribution in [0.3, 0.4) is 0 Å². The first-order chi connectivity index (χ1) is 14.8. The summed E-state index contributed by atoms with van der Waals surface area (Å²) in [5.74, 6) is 0.456. The molecule has 1 heterocycles. The number of piperazine rings is 1. The molecule has 1 fully saturated rings. The number of nitrogens with zero attached hydrogens (tertiary/aromatic N) is 2. The van der Waals surface area contributed by atoms with Gasteiger partial charge in [0.25, 0.3) is 0 Å². The topological polar surface area (TPSA) is 79.0 Å². The molecule has 0 aromatic heterocycles. The van der Waals surface area contributed by atoms with Gasteiger partial charge in [-0.05, 0) is 48.7 Å². The van der Waals surface area contributed by atoms with Gasteiger partial charge in [-0.2, -0.15) is 4.31 Å². The Bertz CT molecular complexity index is 1020. The number of ether oxygens (including phenoxy) is 1. The van der Waals surface area contributed by atoms with Crippen molar-refractivity contribution in [3.05, 3.63) is 42.5 Å². The van der Waals surface area contributed by atoms with Crippen molar-refractivity contribution in [1.82, 2.24) is 4.31 Å². The normalized spacial score (nSPS) is 15.2. The summed E-state index contributed by atoms with van der Waals surface area (Å²) in [4.78, 5) is 15.4. The maximum Gasteiger partial charge on any atom is 0.243 e. The van der Waals surface area contributed by atoms with Crippen LogP contribution in [0.1, 0.15) is 13.8 Å². The van der Waals surface area contributed by atoms with Crippen molar-refractivity contribution < 1.29 is 17.9 Å². The van der Waals surface area contributed by atoms with Crippen molar-refractivity contribution in [3.63, 3.8) is 0 Å². The lowest BCUT2D eigenvalue weighted by atomic mass is 10.2. The molecule has 1 saturated heterocycles. The third-order valence-corrected chi connectivity index (χ3v) is 7.96. The summed E-state index contributed by atoms with van der Waals surface area (Å²) < 4.78 is 33.2. The van der Waals surface area contributed by atoms with Gasteiger partial charge in [0.1, 0.15) is 5.75 Å². The van der Waals surface area contributed by atoms with E-state index in [0.717, 1.165) is 16.3 Å². The molecule has 0 saturated carbocycles. The van der Waals surface area contributed by atoms with Crippen LogP contribution < -0.4 is 15.0 Å². The van der Waals surface area contributed by atoms with Crippen LogP contribution >= 0.6 is 11.8 Å². The highest BCUT2D eigenvalue weighted by molar-refractivity contribution is 7.98. The van der Waals surface area contributed by atoms with Crippen molar-refractivity contribution in [2.24, 2.45) is 5.92 Å². The van der Waals surface area contributed by atoms with Gasteiger partial charge in [-0.1, -0.05) is 13.8 Å². The van der Waals surface area contributed by atoms with Gasteiger partial charge in [-0.25, -0.2) is 8.42 Å². The molecule has 1 aliphatic heterocycles. The lowest BCUT2D eigenvalue weighted by Gasteiger charge is -2.35. The molecule has 168 valence electrons. The van der Waals surface area contributed by atoms with Gasteiger partial charge in [0.05, 0.1) is 17.7 Å². The number of hydrogen-bond donors (Lipinski definition) is 1. The Kier molecular flexibility index (Phi) is 7.51. The second-order valence-electron chi connectivity index (χ2n) is 7.60. The van der Waals surface area contributed by atoms with Crippen LogP contribution in [-0.2, 0) is 14.8 Å². The number of methoxy groups -OCH3 is 1. The molecule has 2 aromatic carbocycles.